The van der Waals surface area contributed by atoms with Gasteiger partial charge in [0.05, 0.1) is 0 Å². The number of ether oxygens (including phenoxy) is 1. The first kappa shape index (κ1) is 24.7. The van der Waals surface area contributed by atoms with E-state index in [9.17, 15) is 9.18 Å². The number of piperidine rings is 1. The van der Waals surface area contributed by atoms with Crippen molar-refractivity contribution in [1.82, 2.24) is 4.90 Å². The number of allylic oxidation sites excluding steroid dienone is 1. The minimum atomic E-state index is -0.255. The molecular weight excluding hydrogens is 415 g/mol. The molecule has 1 aliphatic rings. The molecule has 2 aromatic rings. The minimum Gasteiger partial charge on any atom is -0.486 e. The van der Waals surface area contributed by atoms with Gasteiger partial charge in [0.15, 0.2) is 0 Å². The van der Waals surface area contributed by atoms with Gasteiger partial charge >= 0.3 is 0 Å². The topological polar surface area (TPSA) is 41.6 Å². The fourth-order valence-electron chi connectivity index (χ4n) is 4.15. The first-order valence-electron chi connectivity index (χ1n) is 11.7. The van der Waals surface area contributed by atoms with E-state index in [0.29, 0.717) is 11.7 Å². The van der Waals surface area contributed by atoms with Gasteiger partial charge in [-0.25, -0.2) is 4.39 Å². The number of rotatable bonds is 10. The minimum absolute atomic E-state index is 0.0386. The van der Waals surface area contributed by atoms with Gasteiger partial charge in [0.25, 0.3) is 0 Å². The number of hydrogen-bond donors (Lipinski definition) is 1. The predicted octanol–water partition coefficient (Wildman–Crippen LogP) is 6.45. The quantitative estimate of drug-likeness (QED) is 0.334. The maximum Gasteiger partial charge on any atom is 0.226 e. The molecule has 1 aliphatic heterocycles. The number of nitrogens with one attached hydrogen (secondary N) is 1. The number of halogens is 1. The summed E-state index contributed by atoms with van der Waals surface area (Å²) in [6.07, 6.45) is 4.35. The average molecular weight is 451 g/mol. The Balaban J connectivity index is 1.55. The van der Waals surface area contributed by atoms with E-state index in [2.05, 4.69) is 35.5 Å². The monoisotopic (exact) mass is 450 g/mol. The molecule has 1 heterocycles. The first-order chi connectivity index (χ1) is 15.9. The molecule has 0 radical (unpaired) electrons. The third kappa shape index (κ3) is 7.29. The van der Waals surface area contributed by atoms with Crippen molar-refractivity contribution in [1.29, 1.82) is 0 Å². The first-order valence-corrected chi connectivity index (χ1v) is 11.7. The molecule has 1 saturated heterocycles. The molecule has 0 saturated carbocycles. The molecule has 1 amide bonds. The van der Waals surface area contributed by atoms with Crippen molar-refractivity contribution in [3.63, 3.8) is 0 Å². The highest BCUT2D eigenvalue weighted by Crippen LogP contribution is 2.31. The molecule has 1 N–H and O–H groups in total. The second kappa shape index (κ2) is 11.8. The van der Waals surface area contributed by atoms with Crippen molar-refractivity contribution < 1.29 is 13.9 Å². The Labute approximate surface area is 197 Å². The smallest absolute Gasteiger partial charge is 0.226 e. The van der Waals surface area contributed by atoms with Crippen LogP contribution in [0, 0.1) is 11.7 Å². The standard InChI is InChI=1S/C28H35FN2O2/c1-5-21(4)33-27(23-9-11-25(29)12-10-23)15-18-31-16-13-22(14-17-31)24-7-6-8-26(19-24)30-28(32)20(2)3/h5-12,19-20,22,27H,1,4,13-18H2,2-3H3,(H,30,32). The predicted molar refractivity (Wildman–Crippen MR) is 133 cm³/mol. The van der Waals surface area contributed by atoms with Gasteiger partial charge in [0, 0.05) is 24.6 Å². The second-order valence-corrected chi connectivity index (χ2v) is 9.00. The van der Waals surface area contributed by atoms with Crippen LogP contribution in [0.3, 0.4) is 0 Å². The summed E-state index contributed by atoms with van der Waals surface area (Å²) >= 11 is 0. The van der Waals surface area contributed by atoms with E-state index in [1.807, 2.05) is 26.0 Å². The highest BCUT2D eigenvalue weighted by atomic mass is 19.1. The van der Waals surface area contributed by atoms with Crippen LogP contribution in [0.5, 0.6) is 0 Å². The lowest BCUT2D eigenvalue weighted by Crippen LogP contribution is -2.34. The normalized spacial score (nSPS) is 15.8. The van der Waals surface area contributed by atoms with E-state index >= 15 is 0 Å². The second-order valence-electron chi connectivity index (χ2n) is 9.00. The number of benzene rings is 2. The number of nitrogens with zero attached hydrogens (tertiary/aromatic N) is 1. The molecule has 4 nitrogen and oxygen atoms in total. The van der Waals surface area contributed by atoms with Crippen LogP contribution in [0.4, 0.5) is 10.1 Å². The van der Waals surface area contributed by atoms with Gasteiger partial charge in [-0.3, -0.25) is 4.79 Å². The summed E-state index contributed by atoms with van der Waals surface area (Å²) in [5.74, 6) is 0.756. The average Bonchev–Trinajstić information content (AvgIpc) is 2.82. The summed E-state index contributed by atoms with van der Waals surface area (Å²) in [5, 5.41) is 3.00. The van der Waals surface area contributed by atoms with Crippen molar-refractivity contribution in [3.8, 4) is 0 Å². The van der Waals surface area contributed by atoms with E-state index < -0.39 is 0 Å². The fourth-order valence-corrected chi connectivity index (χ4v) is 4.15. The SMILES string of the molecule is C=CC(=C)OC(CCN1CCC(c2cccc(NC(=O)C(C)C)c2)CC1)c1ccc(F)cc1. The Hall–Kier alpha value is -2.92. The Bertz CT molecular complexity index is 947. The van der Waals surface area contributed by atoms with E-state index in [0.717, 1.165) is 50.1 Å². The summed E-state index contributed by atoms with van der Waals surface area (Å²) in [6.45, 7) is 14.3. The van der Waals surface area contributed by atoms with E-state index in [1.165, 1.54) is 17.7 Å². The lowest BCUT2D eigenvalue weighted by atomic mass is 9.89. The number of anilines is 1. The number of hydrogen-bond acceptors (Lipinski definition) is 3. The number of carbonyl (C=O) groups excluding carboxylic acids is 1. The lowest BCUT2D eigenvalue weighted by Gasteiger charge is -2.33. The molecule has 2 aromatic carbocycles. The molecule has 0 aliphatic carbocycles. The highest BCUT2D eigenvalue weighted by Gasteiger charge is 2.23. The molecule has 0 spiro atoms. The molecule has 1 fully saturated rings. The van der Waals surface area contributed by atoms with Crippen molar-refractivity contribution in [3.05, 3.63) is 90.5 Å². The number of likely N-dealkylation sites (tertiary alicyclic amines) is 1. The molecule has 176 valence electrons. The summed E-state index contributed by atoms with van der Waals surface area (Å²) in [6, 6.07) is 14.7. The van der Waals surface area contributed by atoms with Gasteiger partial charge in [-0.2, -0.15) is 0 Å². The molecular formula is C28H35FN2O2. The molecule has 5 heteroatoms. The maximum absolute atomic E-state index is 13.4. The van der Waals surface area contributed by atoms with E-state index in [-0.39, 0.29) is 23.7 Å². The Morgan fingerprint density at radius 2 is 1.91 bits per heavy atom. The van der Waals surface area contributed by atoms with Crippen LogP contribution < -0.4 is 5.32 Å². The van der Waals surface area contributed by atoms with E-state index in [1.54, 1.807) is 18.2 Å². The zero-order valence-corrected chi connectivity index (χ0v) is 19.7. The van der Waals surface area contributed by atoms with Crippen LogP contribution >= 0.6 is 0 Å². The van der Waals surface area contributed by atoms with Gasteiger partial charge < -0.3 is 15.0 Å². The van der Waals surface area contributed by atoms with Crippen molar-refractivity contribution in [2.75, 3.05) is 25.0 Å². The molecule has 0 bridgehead atoms. The Morgan fingerprint density at radius 1 is 1.21 bits per heavy atom. The van der Waals surface area contributed by atoms with Gasteiger partial charge in [-0.15, -0.1) is 0 Å². The van der Waals surface area contributed by atoms with Gasteiger partial charge in [-0.1, -0.05) is 51.3 Å². The summed E-state index contributed by atoms with van der Waals surface area (Å²) in [7, 11) is 0. The zero-order chi connectivity index (χ0) is 23.8. The summed E-state index contributed by atoms with van der Waals surface area (Å²) in [5.41, 5.74) is 3.09. The Kier molecular flexibility index (Phi) is 8.84. The zero-order valence-electron chi connectivity index (χ0n) is 19.7. The van der Waals surface area contributed by atoms with E-state index in [4.69, 9.17) is 4.74 Å². The molecule has 1 unspecified atom stereocenters. The van der Waals surface area contributed by atoms with Crippen LogP contribution in [-0.2, 0) is 9.53 Å². The van der Waals surface area contributed by atoms with Crippen molar-refractivity contribution in [2.45, 2.75) is 45.1 Å². The van der Waals surface area contributed by atoms with Crippen molar-refractivity contribution >= 4 is 11.6 Å². The molecule has 1 atom stereocenters. The third-order valence-corrected chi connectivity index (χ3v) is 6.21. The molecule has 33 heavy (non-hydrogen) atoms. The molecule has 0 aromatic heterocycles. The van der Waals surface area contributed by atoms with Gasteiger partial charge in [-0.05, 0) is 73.3 Å². The highest BCUT2D eigenvalue weighted by molar-refractivity contribution is 5.92. The Morgan fingerprint density at radius 3 is 2.55 bits per heavy atom. The largest absolute Gasteiger partial charge is 0.486 e. The van der Waals surface area contributed by atoms with Crippen LogP contribution in [0.25, 0.3) is 0 Å². The summed E-state index contributed by atoms with van der Waals surface area (Å²) < 4.78 is 19.3. The maximum atomic E-state index is 13.4. The number of carbonyl (C=O) groups is 1. The molecule has 3 rings (SSSR count). The lowest BCUT2D eigenvalue weighted by molar-refractivity contribution is -0.118. The van der Waals surface area contributed by atoms with Gasteiger partial charge in [0.1, 0.15) is 17.7 Å². The van der Waals surface area contributed by atoms with Crippen LogP contribution in [0.1, 0.15) is 56.3 Å². The van der Waals surface area contributed by atoms with Crippen molar-refractivity contribution in [2.24, 2.45) is 5.92 Å². The summed E-state index contributed by atoms with van der Waals surface area (Å²) in [4.78, 5) is 14.5. The van der Waals surface area contributed by atoms with Gasteiger partial charge in [0.2, 0.25) is 5.91 Å². The van der Waals surface area contributed by atoms with Crippen LogP contribution in [0.15, 0.2) is 73.5 Å². The fraction of sp³-hybridized carbons (Fsp3) is 0.393. The number of amides is 1. The van der Waals surface area contributed by atoms with Crippen LogP contribution in [0.2, 0.25) is 0 Å². The van der Waals surface area contributed by atoms with Crippen LogP contribution in [-0.4, -0.2) is 30.4 Å². The third-order valence-electron chi connectivity index (χ3n) is 6.21.